The lowest BCUT2D eigenvalue weighted by Crippen LogP contribution is -2.32. The molecule has 82 valence electrons. The normalized spacial score (nSPS) is 37.9. The monoisotopic (exact) mass is 210 g/mol. The SMILES string of the molecule is COC1CC2CC1C(=C=O)C2OC(C)=O. The Hall–Kier alpha value is -1.12. The maximum atomic E-state index is 10.9. The van der Waals surface area contributed by atoms with Crippen molar-refractivity contribution in [2.45, 2.75) is 32.0 Å². The first-order chi connectivity index (χ1) is 7.17. The van der Waals surface area contributed by atoms with Gasteiger partial charge in [-0.2, -0.15) is 0 Å². The molecule has 0 radical (unpaired) electrons. The third kappa shape index (κ3) is 1.60. The molecule has 0 heterocycles. The van der Waals surface area contributed by atoms with Crippen LogP contribution >= 0.6 is 0 Å². The summed E-state index contributed by atoms with van der Waals surface area (Å²) in [6, 6.07) is 0. The minimum atomic E-state index is -0.351. The Kier molecular flexibility index (Phi) is 2.63. The van der Waals surface area contributed by atoms with Gasteiger partial charge in [0.1, 0.15) is 12.0 Å². The van der Waals surface area contributed by atoms with Crippen LogP contribution < -0.4 is 0 Å². The van der Waals surface area contributed by atoms with Gasteiger partial charge in [0.15, 0.2) is 0 Å². The van der Waals surface area contributed by atoms with Crippen LogP contribution in [0.4, 0.5) is 0 Å². The van der Waals surface area contributed by atoms with Gasteiger partial charge in [-0.25, -0.2) is 4.79 Å². The van der Waals surface area contributed by atoms with Crippen molar-refractivity contribution < 1.29 is 19.1 Å². The Bertz CT molecular complexity index is 329. The van der Waals surface area contributed by atoms with Gasteiger partial charge in [-0.3, -0.25) is 4.79 Å². The smallest absolute Gasteiger partial charge is 0.303 e. The molecule has 0 aromatic heterocycles. The molecular weight excluding hydrogens is 196 g/mol. The van der Waals surface area contributed by atoms with Gasteiger partial charge in [-0.05, 0) is 12.8 Å². The lowest BCUT2D eigenvalue weighted by atomic mass is 9.90. The second-order valence-electron chi connectivity index (χ2n) is 4.20. The van der Waals surface area contributed by atoms with Crippen LogP contribution in [0.2, 0.25) is 0 Å². The average molecular weight is 210 g/mol. The van der Waals surface area contributed by atoms with Crippen LogP contribution in [0.25, 0.3) is 0 Å². The Morgan fingerprint density at radius 3 is 2.73 bits per heavy atom. The minimum Gasteiger partial charge on any atom is -0.457 e. The maximum absolute atomic E-state index is 10.9. The Morgan fingerprint density at radius 1 is 1.47 bits per heavy atom. The number of rotatable bonds is 2. The maximum Gasteiger partial charge on any atom is 0.303 e. The van der Waals surface area contributed by atoms with E-state index in [2.05, 4.69) is 0 Å². The molecule has 4 nitrogen and oxygen atoms in total. The molecular formula is C11H14O4. The first-order valence-electron chi connectivity index (χ1n) is 5.12. The number of methoxy groups -OCH3 is 1. The van der Waals surface area contributed by atoms with Crippen molar-refractivity contribution >= 4 is 11.9 Å². The molecule has 4 unspecified atom stereocenters. The third-order valence-corrected chi connectivity index (χ3v) is 3.39. The van der Waals surface area contributed by atoms with Crippen molar-refractivity contribution in [3.63, 3.8) is 0 Å². The molecule has 4 heteroatoms. The Labute approximate surface area is 88.2 Å². The molecule has 0 aliphatic heterocycles. The standard InChI is InChI=1S/C11H14O4/c1-6(13)15-11-7-3-8(9(11)5-12)10(4-7)14-2/h7-8,10-11H,3-4H2,1-2H3. The highest BCUT2D eigenvalue weighted by atomic mass is 16.5. The van der Waals surface area contributed by atoms with Crippen LogP contribution in [0.15, 0.2) is 5.57 Å². The van der Waals surface area contributed by atoms with Crippen molar-refractivity contribution in [1.82, 2.24) is 0 Å². The number of hydrogen-bond donors (Lipinski definition) is 0. The number of carbonyl (C=O) groups excluding carboxylic acids is 2. The predicted octanol–water partition coefficient (Wildman–Crippen LogP) is 0.731. The molecule has 2 aliphatic rings. The number of fused-ring (bicyclic) bond motifs is 2. The molecule has 2 bridgehead atoms. The summed E-state index contributed by atoms with van der Waals surface area (Å²) in [5.41, 5.74) is 0.577. The summed E-state index contributed by atoms with van der Waals surface area (Å²) in [5, 5.41) is 0. The summed E-state index contributed by atoms with van der Waals surface area (Å²) in [5.74, 6) is 1.92. The second-order valence-corrected chi connectivity index (χ2v) is 4.20. The molecule has 0 N–H and O–H groups in total. The molecule has 0 aromatic rings. The first kappa shape index (κ1) is 10.4. The van der Waals surface area contributed by atoms with Gasteiger partial charge >= 0.3 is 5.97 Å². The fourth-order valence-corrected chi connectivity index (χ4v) is 2.81. The summed E-state index contributed by atoms with van der Waals surface area (Å²) < 4.78 is 10.4. The summed E-state index contributed by atoms with van der Waals surface area (Å²) >= 11 is 0. The lowest BCUT2D eigenvalue weighted by Gasteiger charge is -2.27. The van der Waals surface area contributed by atoms with E-state index < -0.39 is 0 Å². The van der Waals surface area contributed by atoms with Crippen molar-refractivity contribution in [2.24, 2.45) is 11.8 Å². The topological polar surface area (TPSA) is 52.6 Å². The molecule has 0 saturated heterocycles. The van der Waals surface area contributed by atoms with E-state index in [1.807, 2.05) is 5.94 Å². The van der Waals surface area contributed by atoms with Crippen LogP contribution in [-0.4, -0.2) is 31.2 Å². The van der Waals surface area contributed by atoms with Gasteiger partial charge in [0.05, 0.1) is 11.7 Å². The van der Waals surface area contributed by atoms with Gasteiger partial charge in [-0.15, -0.1) is 0 Å². The zero-order valence-corrected chi connectivity index (χ0v) is 8.86. The fourth-order valence-electron chi connectivity index (χ4n) is 2.81. The van der Waals surface area contributed by atoms with Crippen LogP contribution in [0.3, 0.4) is 0 Å². The minimum absolute atomic E-state index is 0.0956. The Morgan fingerprint density at radius 2 is 2.20 bits per heavy atom. The van der Waals surface area contributed by atoms with Gasteiger partial charge in [0, 0.05) is 25.9 Å². The molecule has 2 fully saturated rings. The zero-order valence-electron chi connectivity index (χ0n) is 8.86. The van der Waals surface area contributed by atoms with Crippen molar-refractivity contribution in [3.8, 4) is 0 Å². The predicted molar refractivity (Wildman–Crippen MR) is 51.8 cm³/mol. The van der Waals surface area contributed by atoms with Crippen LogP contribution in [0.1, 0.15) is 19.8 Å². The molecule has 0 spiro atoms. The molecule has 0 amide bonds. The zero-order chi connectivity index (χ0) is 11.0. The highest BCUT2D eigenvalue weighted by molar-refractivity contribution is 5.68. The molecule has 2 saturated carbocycles. The van der Waals surface area contributed by atoms with Gasteiger partial charge in [0.2, 0.25) is 0 Å². The fraction of sp³-hybridized carbons (Fsp3) is 0.727. The molecule has 0 aromatic carbocycles. The molecule has 2 aliphatic carbocycles. The lowest BCUT2D eigenvalue weighted by molar-refractivity contribution is -0.147. The van der Waals surface area contributed by atoms with E-state index in [4.69, 9.17) is 9.47 Å². The highest BCUT2D eigenvalue weighted by Gasteiger charge is 2.52. The number of carbonyl (C=O) groups is 1. The van der Waals surface area contributed by atoms with E-state index in [-0.39, 0.29) is 30.0 Å². The molecule has 2 rings (SSSR count). The van der Waals surface area contributed by atoms with E-state index in [1.165, 1.54) is 6.92 Å². The van der Waals surface area contributed by atoms with Crippen molar-refractivity contribution in [2.75, 3.05) is 7.11 Å². The third-order valence-electron chi connectivity index (χ3n) is 3.39. The number of esters is 1. The molecule has 4 atom stereocenters. The van der Waals surface area contributed by atoms with E-state index in [0.29, 0.717) is 5.57 Å². The number of ether oxygens (including phenoxy) is 2. The van der Waals surface area contributed by atoms with Gasteiger partial charge < -0.3 is 9.47 Å². The summed E-state index contributed by atoms with van der Waals surface area (Å²) in [4.78, 5) is 21.7. The van der Waals surface area contributed by atoms with E-state index in [9.17, 15) is 9.59 Å². The summed E-state index contributed by atoms with van der Waals surface area (Å²) in [7, 11) is 1.65. The quantitative estimate of drug-likeness (QED) is 0.498. The van der Waals surface area contributed by atoms with Crippen LogP contribution in [0, 0.1) is 11.8 Å². The Balaban J connectivity index is 2.18. The first-order valence-corrected chi connectivity index (χ1v) is 5.12. The van der Waals surface area contributed by atoms with Crippen LogP contribution in [-0.2, 0) is 19.1 Å². The van der Waals surface area contributed by atoms with Gasteiger partial charge in [-0.1, -0.05) is 0 Å². The van der Waals surface area contributed by atoms with Crippen LogP contribution in [0.5, 0.6) is 0 Å². The second kappa shape index (κ2) is 3.80. The van der Waals surface area contributed by atoms with E-state index >= 15 is 0 Å². The van der Waals surface area contributed by atoms with E-state index in [0.717, 1.165) is 12.8 Å². The average Bonchev–Trinajstić information content (AvgIpc) is 2.73. The summed E-state index contributed by atoms with van der Waals surface area (Å²) in [6.07, 6.45) is 1.49. The summed E-state index contributed by atoms with van der Waals surface area (Å²) in [6.45, 7) is 1.36. The van der Waals surface area contributed by atoms with Crippen molar-refractivity contribution in [1.29, 1.82) is 0 Å². The number of hydrogen-bond acceptors (Lipinski definition) is 4. The highest BCUT2D eigenvalue weighted by Crippen LogP contribution is 2.49. The van der Waals surface area contributed by atoms with Crippen molar-refractivity contribution in [3.05, 3.63) is 5.57 Å². The van der Waals surface area contributed by atoms with Gasteiger partial charge in [0.25, 0.3) is 0 Å². The largest absolute Gasteiger partial charge is 0.457 e. The molecule has 15 heavy (non-hydrogen) atoms. The van der Waals surface area contributed by atoms with E-state index in [1.54, 1.807) is 7.11 Å².